The van der Waals surface area contributed by atoms with E-state index in [4.69, 9.17) is 5.11 Å². The lowest BCUT2D eigenvalue weighted by molar-refractivity contribution is -0.136. The number of carbonyl (C=O) groups is 2. The number of nitrogens with one attached hydrogen (secondary N) is 1. The van der Waals surface area contributed by atoms with Gasteiger partial charge < -0.3 is 10.4 Å². The molecule has 0 aliphatic carbocycles. The van der Waals surface area contributed by atoms with E-state index >= 15 is 0 Å². The van der Waals surface area contributed by atoms with Crippen LogP contribution < -0.4 is 5.32 Å². The van der Waals surface area contributed by atoms with Crippen LogP contribution in [0.25, 0.3) is 0 Å². The van der Waals surface area contributed by atoms with Crippen molar-refractivity contribution in [3.63, 3.8) is 0 Å². The summed E-state index contributed by atoms with van der Waals surface area (Å²) < 4.78 is 0. The number of hydrogen-bond acceptors (Lipinski definition) is 2. The van der Waals surface area contributed by atoms with Crippen LogP contribution >= 0.6 is 0 Å². The quantitative estimate of drug-likeness (QED) is 0.803. The molecule has 0 heterocycles. The van der Waals surface area contributed by atoms with Crippen molar-refractivity contribution in [3.8, 4) is 0 Å². The number of aliphatic carboxylic acids is 1. The second-order valence-corrected chi connectivity index (χ2v) is 5.43. The van der Waals surface area contributed by atoms with Gasteiger partial charge >= 0.3 is 5.97 Å². The SMILES string of the molecule is CCC(CC(=O)Nc1ccc(CC(=O)O)cc1)C(C)C. The van der Waals surface area contributed by atoms with E-state index in [0.717, 1.165) is 12.0 Å². The molecule has 110 valence electrons. The summed E-state index contributed by atoms with van der Waals surface area (Å²) in [7, 11) is 0. The number of hydrogen-bond donors (Lipinski definition) is 2. The first-order valence-electron chi connectivity index (χ1n) is 7.03. The second kappa shape index (κ2) is 7.68. The van der Waals surface area contributed by atoms with Crippen molar-refractivity contribution in [1.29, 1.82) is 0 Å². The van der Waals surface area contributed by atoms with Crippen LogP contribution in [0.3, 0.4) is 0 Å². The molecule has 4 nitrogen and oxygen atoms in total. The van der Waals surface area contributed by atoms with Gasteiger partial charge in [0, 0.05) is 12.1 Å². The maximum Gasteiger partial charge on any atom is 0.307 e. The van der Waals surface area contributed by atoms with Gasteiger partial charge in [0.1, 0.15) is 0 Å². The third-order valence-electron chi connectivity index (χ3n) is 3.51. The van der Waals surface area contributed by atoms with Gasteiger partial charge in [0.05, 0.1) is 6.42 Å². The predicted octanol–water partition coefficient (Wildman–Crippen LogP) is 3.32. The summed E-state index contributed by atoms with van der Waals surface area (Å²) in [5.74, 6) is 0.0333. The summed E-state index contributed by atoms with van der Waals surface area (Å²) in [5, 5.41) is 11.5. The summed E-state index contributed by atoms with van der Waals surface area (Å²) in [6.45, 7) is 6.35. The van der Waals surface area contributed by atoms with Gasteiger partial charge in [-0.1, -0.05) is 39.3 Å². The molecule has 0 spiro atoms. The molecule has 0 saturated heterocycles. The lowest BCUT2D eigenvalue weighted by Crippen LogP contribution is -2.19. The van der Waals surface area contributed by atoms with Crippen molar-refractivity contribution >= 4 is 17.6 Å². The van der Waals surface area contributed by atoms with E-state index in [9.17, 15) is 9.59 Å². The number of amides is 1. The number of rotatable bonds is 7. The number of carboxylic acid groups (broad SMARTS) is 1. The second-order valence-electron chi connectivity index (χ2n) is 5.43. The van der Waals surface area contributed by atoms with Crippen molar-refractivity contribution in [2.24, 2.45) is 11.8 Å². The highest BCUT2D eigenvalue weighted by atomic mass is 16.4. The van der Waals surface area contributed by atoms with Gasteiger partial charge in [-0.05, 0) is 29.5 Å². The van der Waals surface area contributed by atoms with E-state index in [1.165, 1.54) is 0 Å². The molecule has 2 N–H and O–H groups in total. The summed E-state index contributed by atoms with van der Waals surface area (Å²) in [6.07, 6.45) is 1.51. The Kier molecular flexibility index (Phi) is 6.22. The normalized spacial score (nSPS) is 12.2. The van der Waals surface area contributed by atoms with Crippen LogP contribution in [-0.2, 0) is 16.0 Å². The minimum absolute atomic E-state index is 0.000511. The molecule has 1 aromatic rings. The van der Waals surface area contributed by atoms with E-state index in [1.54, 1.807) is 24.3 Å². The average molecular weight is 277 g/mol. The standard InChI is InChI=1S/C16H23NO3/c1-4-13(11(2)3)10-15(18)17-14-7-5-12(6-8-14)9-16(19)20/h5-8,11,13H,4,9-10H2,1-3H3,(H,17,18)(H,19,20). The molecule has 1 unspecified atom stereocenters. The lowest BCUT2D eigenvalue weighted by atomic mass is 9.90. The smallest absolute Gasteiger partial charge is 0.307 e. The summed E-state index contributed by atoms with van der Waals surface area (Å²) in [4.78, 5) is 22.5. The van der Waals surface area contributed by atoms with Crippen LogP contribution in [0.2, 0.25) is 0 Å². The van der Waals surface area contributed by atoms with Crippen LogP contribution in [0.1, 0.15) is 39.2 Å². The average Bonchev–Trinajstić information content (AvgIpc) is 2.37. The molecule has 20 heavy (non-hydrogen) atoms. The number of carboxylic acids is 1. The van der Waals surface area contributed by atoms with E-state index in [1.807, 2.05) is 0 Å². The Morgan fingerprint density at radius 2 is 1.80 bits per heavy atom. The first-order valence-corrected chi connectivity index (χ1v) is 7.03. The molecule has 1 atom stereocenters. The van der Waals surface area contributed by atoms with Crippen LogP contribution in [-0.4, -0.2) is 17.0 Å². The molecular formula is C16H23NO3. The molecule has 1 amide bonds. The summed E-state index contributed by atoms with van der Waals surface area (Å²) in [6, 6.07) is 6.94. The van der Waals surface area contributed by atoms with Crippen LogP contribution in [0.4, 0.5) is 5.69 Å². The molecule has 0 saturated carbocycles. The van der Waals surface area contributed by atoms with E-state index < -0.39 is 5.97 Å². The zero-order valence-electron chi connectivity index (χ0n) is 12.3. The summed E-state index contributed by atoms with van der Waals surface area (Å²) >= 11 is 0. The van der Waals surface area contributed by atoms with E-state index in [-0.39, 0.29) is 12.3 Å². The molecule has 0 radical (unpaired) electrons. The van der Waals surface area contributed by atoms with Crippen molar-refractivity contribution in [1.82, 2.24) is 0 Å². The molecule has 4 heteroatoms. The highest BCUT2D eigenvalue weighted by Crippen LogP contribution is 2.20. The minimum atomic E-state index is -0.857. The Morgan fingerprint density at radius 3 is 2.25 bits per heavy atom. The minimum Gasteiger partial charge on any atom is -0.481 e. The Hall–Kier alpha value is -1.84. The fourth-order valence-corrected chi connectivity index (χ4v) is 2.18. The fourth-order valence-electron chi connectivity index (χ4n) is 2.18. The zero-order valence-corrected chi connectivity index (χ0v) is 12.3. The fraction of sp³-hybridized carbons (Fsp3) is 0.500. The number of carbonyl (C=O) groups excluding carboxylic acids is 1. The van der Waals surface area contributed by atoms with Crippen molar-refractivity contribution in [2.75, 3.05) is 5.32 Å². The topological polar surface area (TPSA) is 66.4 Å². The van der Waals surface area contributed by atoms with Crippen LogP contribution in [0.15, 0.2) is 24.3 Å². The first kappa shape index (κ1) is 16.2. The van der Waals surface area contributed by atoms with Gasteiger partial charge in [-0.3, -0.25) is 9.59 Å². The Bertz CT molecular complexity index is 451. The molecule has 0 aliphatic heterocycles. The maximum absolute atomic E-state index is 11.9. The van der Waals surface area contributed by atoms with Crippen molar-refractivity contribution < 1.29 is 14.7 Å². The molecule has 0 aliphatic rings. The molecule has 0 bridgehead atoms. The highest BCUT2D eigenvalue weighted by molar-refractivity contribution is 5.90. The number of anilines is 1. The van der Waals surface area contributed by atoms with Gasteiger partial charge in [-0.15, -0.1) is 0 Å². The first-order chi connectivity index (χ1) is 9.42. The Morgan fingerprint density at radius 1 is 1.20 bits per heavy atom. The van der Waals surface area contributed by atoms with Gasteiger partial charge in [0.15, 0.2) is 0 Å². The predicted molar refractivity (Wildman–Crippen MR) is 79.6 cm³/mol. The van der Waals surface area contributed by atoms with E-state index in [0.29, 0.717) is 23.9 Å². The van der Waals surface area contributed by atoms with Gasteiger partial charge in [-0.2, -0.15) is 0 Å². The van der Waals surface area contributed by atoms with Crippen molar-refractivity contribution in [3.05, 3.63) is 29.8 Å². The molecule has 0 fully saturated rings. The van der Waals surface area contributed by atoms with Gasteiger partial charge in [-0.25, -0.2) is 0 Å². The Balaban J connectivity index is 2.55. The maximum atomic E-state index is 11.9. The Labute approximate surface area is 120 Å². The van der Waals surface area contributed by atoms with Gasteiger partial charge in [0.2, 0.25) is 5.91 Å². The monoisotopic (exact) mass is 277 g/mol. The van der Waals surface area contributed by atoms with Crippen LogP contribution in [0, 0.1) is 11.8 Å². The lowest BCUT2D eigenvalue weighted by Gasteiger charge is -2.18. The van der Waals surface area contributed by atoms with Crippen molar-refractivity contribution in [2.45, 2.75) is 40.0 Å². The molecule has 1 rings (SSSR count). The number of benzene rings is 1. The highest BCUT2D eigenvalue weighted by Gasteiger charge is 2.15. The van der Waals surface area contributed by atoms with E-state index in [2.05, 4.69) is 26.1 Å². The molecule has 0 aromatic heterocycles. The van der Waals surface area contributed by atoms with Crippen LogP contribution in [0.5, 0.6) is 0 Å². The third-order valence-corrected chi connectivity index (χ3v) is 3.51. The third kappa shape index (κ3) is 5.43. The molecular weight excluding hydrogens is 254 g/mol. The van der Waals surface area contributed by atoms with Gasteiger partial charge in [0.25, 0.3) is 0 Å². The molecule has 1 aromatic carbocycles. The zero-order chi connectivity index (χ0) is 15.1. The largest absolute Gasteiger partial charge is 0.481 e. The summed E-state index contributed by atoms with van der Waals surface area (Å²) in [5.41, 5.74) is 1.44.